The molecule has 2 aromatic rings. The first-order valence-corrected chi connectivity index (χ1v) is 12.8. The molecule has 33 heavy (non-hydrogen) atoms. The minimum atomic E-state index is -4.00. The van der Waals surface area contributed by atoms with Gasteiger partial charge in [0.25, 0.3) is 15.9 Å². The van der Waals surface area contributed by atoms with Gasteiger partial charge in [0, 0.05) is 50.1 Å². The fraction of sp³-hybridized carbons (Fsp3) is 0.409. The predicted octanol–water partition coefficient (Wildman–Crippen LogP) is 3.31. The van der Waals surface area contributed by atoms with Crippen molar-refractivity contribution in [3.05, 3.63) is 52.0 Å². The number of benzene rings is 2. The van der Waals surface area contributed by atoms with E-state index in [1.165, 1.54) is 24.3 Å². The van der Waals surface area contributed by atoms with Crippen molar-refractivity contribution in [2.45, 2.75) is 11.3 Å². The van der Waals surface area contributed by atoms with Gasteiger partial charge < -0.3 is 15.0 Å². The number of halogens is 2. The maximum Gasteiger partial charge on any atom is 0.263 e. The minimum absolute atomic E-state index is 0.0510. The topological polar surface area (TPSA) is 91.0 Å². The summed E-state index contributed by atoms with van der Waals surface area (Å²) in [5.41, 5.74) is 1.28. The summed E-state index contributed by atoms with van der Waals surface area (Å²) in [7, 11) is -0.364. The fourth-order valence-electron chi connectivity index (χ4n) is 3.49. The molecule has 180 valence electrons. The number of sulfonamides is 1. The van der Waals surface area contributed by atoms with Crippen LogP contribution in [0.4, 0.5) is 11.4 Å². The van der Waals surface area contributed by atoms with Crippen LogP contribution >= 0.6 is 23.2 Å². The van der Waals surface area contributed by atoms with Crippen LogP contribution in [0.5, 0.6) is 0 Å². The molecular weight excluding hydrogens is 487 g/mol. The molecule has 1 aliphatic rings. The molecule has 1 heterocycles. The van der Waals surface area contributed by atoms with Gasteiger partial charge in [-0.25, -0.2) is 8.42 Å². The molecule has 1 aliphatic heterocycles. The summed E-state index contributed by atoms with van der Waals surface area (Å²) in [5.74, 6) is -0.275. The van der Waals surface area contributed by atoms with Gasteiger partial charge >= 0.3 is 0 Å². The molecule has 2 aromatic carbocycles. The van der Waals surface area contributed by atoms with Gasteiger partial charge in [-0.05, 0) is 49.4 Å². The van der Waals surface area contributed by atoms with Crippen LogP contribution in [0.3, 0.4) is 0 Å². The van der Waals surface area contributed by atoms with Crippen LogP contribution in [0.25, 0.3) is 0 Å². The van der Waals surface area contributed by atoms with Crippen molar-refractivity contribution < 1.29 is 17.9 Å². The average Bonchev–Trinajstić information content (AvgIpc) is 2.78. The number of rotatable bonds is 9. The van der Waals surface area contributed by atoms with Crippen LogP contribution in [-0.2, 0) is 14.8 Å². The second-order valence-electron chi connectivity index (χ2n) is 7.87. The van der Waals surface area contributed by atoms with E-state index in [0.717, 1.165) is 39.3 Å². The Hall–Kier alpha value is -2.04. The summed E-state index contributed by atoms with van der Waals surface area (Å²) < 4.78 is 33.5. The van der Waals surface area contributed by atoms with Crippen LogP contribution in [0.2, 0.25) is 10.0 Å². The van der Waals surface area contributed by atoms with E-state index < -0.39 is 10.0 Å². The summed E-state index contributed by atoms with van der Waals surface area (Å²) in [6.07, 6.45) is 0.808. The van der Waals surface area contributed by atoms with Gasteiger partial charge in [-0.15, -0.1) is 0 Å². The van der Waals surface area contributed by atoms with E-state index in [1.54, 1.807) is 17.0 Å². The van der Waals surface area contributed by atoms with E-state index in [2.05, 4.69) is 14.9 Å². The number of anilines is 2. The lowest BCUT2D eigenvalue weighted by Crippen LogP contribution is -2.38. The number of carbonyl (C=O) groups is 1. The van der Waals surface area contributed by atoms with E-state index in [4.69, 9.17) is 27.9 Å². The van der Waals surface area contributed by atoms with E-state index in [1.807, 2.05) is 14.1 Å². The van der Waals surface area contributed by atoms with Crippen LogP contribution < -0.4 is 14.9 Å². The first-order valence-electron chi connectivity index (χ1n) is 10.5. The molecule has 11 heteroatoms. The molecule has 0 unspecified atom stereocenters. The monoisotopic (exact) mass is 514 g/mol. The molecule has 1 saturated heterocycles. The molecule has 0 spiro atoms. The van der Waals surface area contributed by atoms with Crippen LogP contribution in [0.1, 0.15) is 16.8 Å². The van der Waals surface area contributed by atoms with Crippen molar-refractivity contribution in [1.82, 2.24) is 10.2 Å². The Morgan fingerprint density at radius 1 is 1.12 bits per heavy atom. The number of amides is 1. The maximum absolute atomic E-state index is 12.9. The second kappa shape index (κ2) is 11.4. The van der Waals surface area contributed by atoms with Gasteiger partial charge in [0.15, 0.2) is 0 Å². The zero-order valence-electron chi connectivity index (χ0n) is 18.6. The van der Waals surface area contributed by atoms with Gasteiger partial charge in [0.1, 0.15) is 4.90 Å². The number of hydrogen-bond donors (Lipinski definition) is 2. The second-order valence-corrected chi connectivity index (χ2v) is 10.4. The van der Waals surface area contributed by atoms with Gasteiger partial charge in [-0.1, -0.05) is 23.2 Å². The third kappa shape index (κ3) is 6.97. The Morgan fingerprint density at radius 3 is 2.55 bits per heavy atom. The zero-order chi connectivity index (χ0) is 24.0. The molecule has 0 saturated carbocycles. The minimum Gasteiger partial charge on any atom is -0.379 e. The van der Waals surface area contributed by atoms with Crippen molar-refractivity contribution in [2.75, 3.05) is 63.1 Å². The number of carbonyl (C=O) groups excluding carboxylic acids is 1. The first kappa shape index (κ1) is 25.6. The quantitative estimate of drug-likeness (QED) is 0.498. The largest absolute Gasteiger partial charge is 0.379 e. The van der Waals surface area contributed by atoms with Crippen molar-refractivity contribution in [3.8, 4) is 0 Å². The zero-order valence-corrected chi connectivity index (χ0v) is 20.9. The molecule has 0 aromatic heterocycles. The Morgan fingerprint density at radius 2 is 1.85 bits per heavy atom. The summed E-state index contributed by atoms with van der Waals surface area (Å²) in [6.45, 7) is 4.67. The highest BCUT2D eigenvalue weighted by molar-refractivity contribution is 7.92. The Labute approximate surface area is 204 Å². The molecule has 0 radical (unpaired) electrons. The molecule has 8 nitrogen and oxygen atoms in total. The summed E-state index contributed by atoms with van der Waals surface area (Å²) in [5, 5.41) is 3.23. The third-order valence-corrected chi connectivity index (χ3v) is 7.30. The normalized spacial score (nSPS) is 14.7. The molecular formula is C22H28Cl2N4O4S. The molecule has 3 rings (SSSR count). The van der Waals surface area contributed by atoms with Crippen molar-refractivity contribution in [3.63, 3.8) is 0 Å². The van der Waals surface area contributed by atoms with Gasteiger partial charge in [0.05, 0.1) is 23.8 Å². The molecule has 0 aliphatic carbocycles. The van der Waals surface area contributed by atoms with Crippen molar-refractivity contribution in [1.29, 1.82) is 0 Å². The van der Waals surface area contributed by atoms with Gasteiger partial charge in [0.2, 0.25) is 0 Å². The molecule has 1 fully saturated rings. The summed E-state index contributed by atoms with van der Waals surface area (Å²) in [6, 6.07) is 9.02. The fourth-order valence-corrected chi connectivity index (χ4v) is 5.30. The first-order chi connectivity index (χ1) is 15.7. The molecule has 0 bridgehead atoms. The lowest BCUT2D eigenvalue weighted by atomic mass is 10.1. The van der Waals surface area contributed by atoms with Crippen LogP contribution in [0, 0.1) is 0 Å². The Balaban J connectivity index is 1.72. The van der Waals surface area contributed by atoms with E-state index in [0.29, 0.717) is 17.8 Å². The predicted molar refractivity (Wildman–Crippen MR) is 132 cm³/mol. The van der Waals surface area contributed by atoms with Crippen LogP contribution in [-0.4, -0.2) is 72.7 Å². The average molecular weight is 515 g/mol. The third-order valence-electron chi connectivity index (χ3n) is 5.20. The van der Waals surface area contributed by atoms with Crippen molar-refractivity contribution >= 4 is 50.5 Å². The maximum atomic E-state index is 12.9. The van der Waals surface area contributed by atoms with Crippen molar-refractivity contribution in [2.24, 2.45) is 0 Å². The van der Waals surface area contributed by atoms with Gasteiger partial charge in [-0.2, -0.15) is 0 Å². The molecule has 2 N–H and O–H groups in total. The lowest BCUT2D eigenvalue weighted by molar-refractivity contribution is 0.0374. The standard InChI is InChI=1S/C22H28Cl2N4O4S/c1-27(2)20-7-5-17(26-33(30,31)21-14-16(23)4-6-19(21)24)15-18(20)22(29)25-8-3-9-28-10-12-32-13-11-28/h4-7,14-15,26H,3,8-13H2,1-2H3,(H,25,29). The highest BCUT2D eigenvalue weighted by Gasteiger charge is 2.21. The van der Waals surface area contributed by atoms with E-state index in [9.17, 15) is 13.2 Å². The summed E-state index contributed by atoms with van der Waals surface area (Å²) >= 11 is 12.0. The number of nitrogens with one attached hydrogen (secondary N) is 2. The number of morpholine rings is 1. The molecule has 1 amide bonds. The highest BCUT2D eigenvalue weighted by atomic mass is 35.5. The number of ether oxygens (including phenoxy) is 1. The van der Waals surface area contributed by atoms with E-state index in [-0.39, 0.29) is 26.5 Å². The highest BCUT2D eigenvalue weighted by Crippen LogP contribution is 2.29. The van der Waals surface area contributed by atoms with Crippen LogP contribution in [0.15, 0.2) is 41.3 Å². The Kier molecular flexibility index (Phi) is 8.83. The smallest absolute Gasteiger partial charge is 0.263 e. The molecule has 0 atom stereocenters. The van der Waals surface area contributed by atoms with E-state index >= 15 is 0 Å². The lowest BCUT2D eigenvalue weighted by Gasteiger charge is -2.26. The summed E-state index contributed by atoms with van der Waals surface area (Å²) in [4.78, 5) is 16.9. The number of nitrogens with zero attached hydrogens (tertiary/aromatic N) is 2. The number of hydrogen-bond acceptors (Lipinski definition) is 6. The van der Waals surface area contributed by atoms with Gasteiger partial charge in [-0.3, -0.25) is 14.4 Å². The Bertz CT molecular complexity index is 1090. The SMILES string of the molecule is CN(C)c1ccc(NS(=O)(=O)c2cc(Cl)ccc2Cl)cc1C(=O)NCCCN1CCOCC1.